The predicted octanol–water partition coefficient (Wildman–Crippen LogP) is 5.89. The highest BCUT2D eigenvalue weighted by Crippen LogP contribution is 2.34. The molecular formula is C32H48FN5O5. The zero-order valence-electron chi connectivity index (χ0n) is 25.8. The smallest absolute Gasteiger partial charge is 0.327 e. The van der Waals surface area contributed by atoms with E-state index in [2.05, 4.69) is 40.0 Å². The lowest BCUT2D eigenvalue weighted by molar-refractivity contribution is -0.160. The molecule has 3 heterocycles. The number of hydrogen-bond acceptors (Lipinski definition) is 8. The van der Waals surface area contributed by atoms with Crippen LogP contribution < -0.4 is 5.32 Å². The normalized spacial score (nSPS) is 17.0. The Labute approximate surface area is 254 Å². The molecule has 11 heteroatoms. The van der Waals surface area contributed by atoms with Crippen molar-refractivity contribution in [2.75, 3.05) is 25.1 Å². The molecule has 1 aliphatic rings. The van der Waals surface area contributed by atoms with Crippen LogP contribution in [0.1, 0.15) is 116 Å². The molecule has 3 atom stereocenters. The number of hydrogen-bond donors (Lipinski definition) is 2. The molecule has 0 bridgehead atoms. The second-order valence-electron chi connectivity index (χ2n) is 11.5. The quantitative estimate of drug-likeness (QED) is 0.0832. The van der Waals surface area contributed by atoms with Gasteiger partial charge in [0.25, 0.3) is 0 Å². The van der Waals surface area contributed by atoms with Crippen molar-refractivity contribution in [3.63, 3.8) is 0 Å². The van der Waals surface area contributed by atoms with Gasteiger partial charge in [-0.15, -0.1) is 6.42 Å². The van der Waals surface area contributed by atoms with Gasteiger partial charge >= 0.3 is 12.0 Å². The zero-order chi connectivity index (χ0) is 31.1. The first-order valence-electron chi connectivity index (χ1n) is 15.9. The minimum absolute atomic E-state index is 0.0391. The van der Waals surface area contributed by atoms with E-state index in [0.29, 0.717) is 44.4 Å². The van der Waals surface area contributed by atoms with Crippen molar-refractivity contribution in [3.8, 4) is 12.3 Å². The van der Waals surface area contributed by atoms with E-state index < -0.39 is 24.1 Å². The van der Waals surface area contributed by atoms with Gasteiger partial charge in [-0.25, -0.2) is 4.98 Å². The molecule has 0 aromatic carbocycles. The number of imidazole rings is 1. The molecule has 10 nitrogen and oxygen atoms in total. The topological polar surface area (TPSA) is 128 Å². The molecule has 1 saturated heterocycles. The number of aliphatic hydroxyl groups excluding tert-OH is 1. The molecule has 0 aliphatic carbocycles. The van der Waals surface area contributed by atoms with Crippen LogP contribution >= 0.6 is 0 Å². The maximum Gasteiger partial charge on any atom is 0.327 e. The number of carbonyl (C=O) groups excluding carboxylic acids is 2. The Balaban J connectivity index is 1.74. The van der Waals surface area contributed by atoms with E-state index >= 15 is 0 Å². The summed E-state index contributed by atoms with van der Waals surface area (Å²) in [5.41, 5.74) is -0.973. The van der Waals surface area contributed by atoms with Gasteiger partial charge in [0.05, 0.1) is 26.1 Å². The fourth-order valence-electron chi connectivity index (χ4n) is 5.44. The minimum Gasteiger partial charge on any atom is -0.459 e. The summed E-state index contributed by atoms with van der Waals surface area (Å²) in [6.07, 6.45) is 18.6. The molecule has 2 N–H and O–H groups in total. The van der Waals surface area contributed by atoms with E-state index in [1.165, 1.54) is 25.7 Å². The van der Waals surface area contributed by atoms with Crippen LogP contribution in [0.4, 0.5) is 10.2 Å². The van der Waals surface area contributed by atoms with Crippen LogP contribution in [0.2, 0.25) is 0 Å². The monoisotopic (exact) mass is 601 g/mol. The third-order valence-corrected chi connectivity index (χ3v) is 8.20. The van der Waals surface area contributed by atoms with Crippen molar-refractivity contribution in [1.29, 1.82) is 0 Å². The fraction of sp³-hybridized carbons (Fsp3) is 0.719. The largest absolute Gasteiger partial charge is 0.459 e. The maximum atomic E-state index is 14.7. The van der Waals surface area contributed by atoms with Crippen molar-refractivity contribution < 1.29 is 28.6 Å². The fourth-order valence-corrected chi connectivity index (χ4v) is 5.44. The number of aromatic nitrogens is 4. The summed E-state index contributed by atoms with van der Waals surface area (Å²) in [5, 5.41) is 13.0. The number of nitrogens with zero attached hydrogens (tertiary/aromatic N) is 4. The van der Waals surface area contributed by atoms with Gasteiger partial charge in [0.2, 0.25) is 5.91 Å². The van der Waals surface area contributed by atoms with Crippen molar-refractivity contribution in [1.82, 2.24) is 19.5 Å². The number of fused-ring (bicyclic) bond motifs is 1. The molecule has 238 valence electrons. The number of esters is 1. The molecule has 0 saturated carbocycles. The van der Waals surface area contributed by atoms with Gasteiger partial charge in [0.1, 0.15) is 6.10 Å². The van der Waals surface area contributed by atoms with Crippen LogP contribution in [-0.2, 0) is 19.1 Å². The molecule has 1 amide bonds. The molecule has 43 heavy (non-hydrogen) atoms. The van der Waals surface area contributed by atoms with Crippen molar-refractivity contribution in [2.45, 2.75) is 122 Å². The van der Waals surface area contributed by atoms with Crippen LogP contribution in [0.3, 0.4) is 0 Å². The van der Waals surface area contributed by atoms with E-state index in [4.69, 9.17) is 15.9 Å². The first kappa shape index (κ1) is 34.4. The van der Waals surface area contributed by atoms with Gasteiger partial charge < -0.3 is 24.5 Å². The lowest BCUT2D eigenvalue weighted by Gasteiger charge is -2.28. The lowest BCUT2D eigenvalue weighted by Crippen LogP contribution is -2.38. The van der Waals surface area contributed by atoms with Gasteiger partial charge in [0.15, 0.2) is 22.4 Å². The molecule has 2 aromatic heterocycles. The number of aliphatic hydroxyl groups is 1. The summed E-state index contributed by atoms with van der Waals surface area (Å²) in [6, 6.07) is -0.246. The average Bonchev–Trinajstić information content (AvgIpc) is 3.67. The zero-order valence-corrected chi connectivity index (χ0v) is 25.8. The SMILES string of the molecule is C#C[C@@](CO)(CC[C@@H](CCCCC)n1cnc2c(NC(=O)CCCCCCCCC)nc(F)nc21)C(=O)OC1CCOC1. The molecule has 3 rings (SSSR count). The van der Waals surface area contributed by atoms with Crippen LogP contribution in [0, 0.1) is 23.8 Å². The second-order valence-corrected chi connectivity index (χ2v) is 11.5. The number of amides is 1. The van der Waals surface area contributed by atoms with E-state index in [1.807, 2.05) is 0 Å². The first-order chi connectivity index (χ1) is 20.9. The summed E-state index contributed by atoms with van der Waals surface area (Å²) in [4.78, 5) is 38.1. The van der Waals surface area contributed by atoms with Crippen LogP contribution in [0.5, 0.6) is 0 Å². The average molecular weight is 602 g/mol. The van der Waals surface area contributed by atoms with Crippen molar-refractivity contribution in [3.05, 3.63) is 12.4 Å². The maximum absolute atomic E-state index is 14.7. The van der Waals surface area contributed by atoms with E-state index in [1.54, 1.807) is 10.9 Å². The molecule has 0 radical (unpaired) electrons. The van der Waals surface area contributed by atoms with Crippen LogP contribution in [0.25, 0.3) is 11.2 Å². The molecule has 2 aromatic rings. The Bertz CT molecular complexity index is 1210. The molecule has 1 aliphatic heterocycles. The Morgan fingerprint density at radius 3 is 2.56 bits per heavy atom. The number of rotatable bonds is 20. The summed E-state index contributed by atoms with van der Waals surface area (Å²) in [7, 11) is 0. The minimum atomic E-state index is -1.52. The van der Waals surface area contributed by atoms with Crippen LogP contribution in [-0.4, -0.2) is 62.4 Å². The molecule has 1 fully saturated rings. The lowest BCUT2D eigenvalue weighted by atomic mass is 9.82. The molecule has 0 spiro atoms. The highest BCUT2D eigenvalue weighted by molar-refractivity contribution is 5.96. The molecular weight excluding hydrogens is 553 g/mol. The second kappa shape index (κ2) is 17.9. The van der Waals surface area contributed by atoms with Gasteiger partial charge in [-0.3, -0.25) is 9.59 Å². The van der Waals surface area contributed by atoms with Gasteiger partial charge in [-0.2, -0.15) is 14.4 Å². The number of anilines is 1. The van der Waals surface area contributed by atoms with E-state index in [0.717, 1.165) is 38.5 Å². The Hall–Kier alpha value is -3.10. The Morgan fingerprint density at radius 2 is 1.88 bits per heavy atom. The highest BCUT2D eigenvalue weighted by Gasteiger charge is 2.40. The summed E-state index contributed by atoms with van der Waals surface area (Å²) >= 11 is 0. The van der Waals surface area contributed by atoms with Crippen molar-refractivity contribution >= 4 is 28.9 Å². The van der Waals surface area contributed by atoms with Gasteiger partial charge in [0, 0.05) is 18.9 Å². The third kappa shape index (κ3) is 9.97. The highest BCUT2D eigenvalue weighted by atomic mass is 19.1. The summed E-state index contributed by atoms with van der Waals surface area (Å²) in [6.45, 7) is 4.53. The number of unbranched alkanes of at least 4 members (excludes halogenated alkanes) is 8. The summed E-state index contributed by atoms with van der Waals surface area (Å²) < 4.78 is 27.3. The number of terminal acetylenes is 1. The van der Waals surface area contributed by atoms with Gasteiger partial charge in [-0.1, -0.05) is 77.6 Å². The van der Waals surface area contributed by atoms with Crippen molar-refractivity contribution in [2.24, 2.45) is 5.41 Å². The van der Waals surface area contributed by atoms with Gasteiger partial charge in [-0.05, 0) is 25.7 Å². The third-order valence-electron chi connectivity index (χ3n) is 8.20. The predicted molar refractivity (Wildman–Crippen MR) is 163 cm³/mol. The summed E-state index contributed by atoms with van der Waals surface area (Å²) in [5.74, 6) is 1.65. The Kier molecular flexibility index (Phi) is 14.3. The van der Waals surface area contributed by atoms with E-state index in [9.17, 15) is 19.1 Å². The number of nitrogens with one attached hydrogen (secondary N) is 1. The van der Waals surface area contributed by atoms with Crippen LogP contribution in [0.15, 0.2) is 6.33 Å². The van der Waals surface area contributed by atoms with E-state index in [-0.39, 0.29) is 35.9 Å². The number of halogens is 1. The first-order valence-corrected chi connectivity index (χ1v) is 15.9. The molecule has 1 unspecified atom stereocenters. The standard InChI is InChI=1S/C32H48FN5O5/c1-4-7-9-10-11-12-14-16-26(40)35-28-27-29(37-31(33)36-28)38(23-34-27)24(15-13-8-5-2)17-19-32(6-3,22-39)30(41)43-25-18-20-42-21-25/h3,23-25,39H,4-5,7-22H2,1-2H3,(H,35,36,37,40)/t24-,25?,32+/m1/s1. The number of carbonyl (C=O) groups is 2. The number of ether oxygens (including phenoxy) is 2. The Morgan fingerprint density at radius 1 is 1.16 bits per heavy atom.